The normalized spacial score (nSPS) is 15.1. The van der Waals surface area contributed by atoms with Gasteiger partial charge in [-0.05, 0) is 55.2 Å². The van der Waals surface area contributed by atoms with Crippen molar-refractivity contribution in [2.24, 2.45) is 5.92 Å². The number of H-pyrrole nitrogens is 1. The fourth-order valence-corrected chi connectivity index (χ4v) is 3.89. The number of fused-ring (bicyclic) bond motifs is 1. The molecule has 0 radical (unpaired) electrons. The van der Waals surface area contributed by atoms with Crippen molar-refractivity contribution in [2.45, 2.75) is 51.4 Å². The Balaban J connectivity index is 1.20. The molecular formula is C23H28N2O2. The molecular weight excluding hydrogens is 336 g/mol. The van der Waals surface area contributed by atoms with Crippen molar-refractivity contribution in [1.82, 2.24) is 9.97 Å². The highest BCUT2D eigenvalue weighted by atomic mass is 16.5. The first kappa shape index (κ1) is 17.9. The highest BCUT2D eigenvalue weighted by Crippen LogP contribution is 2.28. The van der Waals surface area contributed by atoms with Gasteiger partial charge in [0.05, 0.1) is 17.6 Å². The topological polar surface area (TPSA) is 47.1 Å². The monoisotopic (exact) mass is 364 g/mol. The van der Waals surface area contributed by atoms with Gasteiger partial charge in [0, 0.05) is 0 Å². The van der Waals surface area contributed by atoms with E-state index in [2.05, 4.69) is 9.97 Å². The van der Waals surface area contributed by atoms with Gasteiger partial charge in [0.1, 0.15) is 11.5 Å². The van der Waals surface area contributed by atoms with Crippen LogP contribution in [0.3, 0.4) is 0 Å². The summed E-state index contributed by atoms with van der Waals surface area (Å²) in [7, 11) is 0. The average molecular weight is 364 g/mol. The number of hydrogen-bond acceptors (Lipinski definition) is 3. The van der Waals surface area contributed by atoms with Gasteiger partial charge in [0.25, 0.3) is 6.01 Å². The number of ether oxygens (including phenoxy) is 2. The van der Waals surface area contributed by atoms with Gasteiger partial charge in [-0.2, -0.15) is 4.98 Å². The smallest absolute Gasteiger partial charge is 0.300 e. The number of nitrogens with zero attached hydrogens (tertiary/aromatic N) is 1. The summed E-state index contributed by atoms with van der Waals surface area (Å²) in [4.78, 5) is 7.60. The second-order valence-electron chi connectivity index (χ2n) is 7.48. The van der Waals surface area contributed by atoms with Crippen LogP contribution in [0.15, 0.2) is 48.5 Å². The summed E-state index contributed by atoms with van der Waals surface area (Å²) in [6.45, 7) is 0.788. The van der Waals surface area contributed by atoms with Crippen LogP contribution in [0.5, 0.6) is 17.5 Å². The van der Waals surface area contributed by atoms with Crippen LogP contribution >= 0.6 is 0 Å². The van der Waals surface area contributed by atoms with Gasteiger partial charge >= 0.3 is 0 Å². The molecule has 1 aliphatic rings. The van der Waals surface area contributed by atoms with Crippen molar-refractivity contribution >= 4 is 11.0 Å². The number of aromatic nitrogens is 2. The summed E-state index contributed by atoms with van der Waals surface area (Å²) in [5, 5.41) is 0. The summed E-state index contributed by atoms with van der Waals surface area (Å²) in [6.07, 6.45) is 11.0. The predicted octanol–water partition coefficient (Wildman–Crippen LogP) is 6.48. The van der Waals surface area contributed by atoms with Gasteiger partial charge in [-0.25, -0.2) is 0 Å². The molecule has 27 heavy (non-hydrogen) atoms. The van der Waals surface area contributed by atoms with Crippen LogP contribution in [0.4, 0.5) is 0 Å². The lowest BCUT2D eigenvalue weighted by Crippen LogP contribution is -2.06. The molecule has 4 nitrogen and oxygen atoms in total. The minimum atomic E-state index is 0.507. The minimum absolute atomic E-state index is 0.507. The molecule has 0 bridgehead atoms. The first-order chi connectivity index (χ1) is 13.4. The quantitative estimate of drug-likeness (QED) is 0.465. The molecule has 2 aromatic carbocycles. The summed E-state index contributed by atoms with van der Waals surface area (Å²) < 4.78 is 11.7. The van der Waals surface area contributed by atoms with E-state index in [9.17, 15) is 0 Å². The SMILES string of the molecule is c1ccc2[nH]c(Oc3ccc(OCCCCC4CCCCC4)cc3)nc2c1. The molecule has 1 aliphatic carbocycles. The molecule has 4 heteroatoms. The fraction of sp³-hybridized carbons (Fsp3) is 0.435. The van der Waals surface area contributed by atoms with Crippen molar-refractivity contribution < 1.29 is 9.47 Å². The lowest BCUT2D eigenvalue weighted by Gasteiger charge is -2.21. The van der Waals surface area contributed by atoms with Crippen LogP contribution in [0.2, 0.25) is 0 Å². The van der Waals surface area contributed by atoms with Crippen molar-refractivity contribution in [2.75, 3.05) is 6.61 Å². The number of imidazole rings is 1. The van der Waals surface area contributed by atoms with Crippen LogP contribution in [0, 0.1) is 5.92 Å². The maximum Gasteiger partial charge on any atom is 0.300 e. The van der Waals surface area contributed by atoms with Crippen LogP contribution < -0.4 is 9.47 Å². The Morgan fingerprint density at radius 3 is 2.48 bits per heavy atom. The van der Waals surface area contributed by atoms with E-state index >= 15 is 0 Å². The van der Waals surface area contributed by atoms with Gasteiger partial charge < -0.3 is 14.5 Å². The second-order valence-corrected chi connectivity index (χ2v) is 7.48. The number of hydrogen-bond donors (Lipinski definition) is 1. The zero-order chi connectivity index (χ0) is 18.3. The Labute approximate surface area is 160 Å². The molecule has 0 spiro atoms. The molecule has 1 fully saturated rings. The first-order valence-electron chi connectivity index (χ1n) is 10.2. The van der Waals surface area contributed by atoms with E-state index in [0.29, 0.717) is 6.01 Å². The predicted molar refractivity (Wildman–Crippen MR) is 109 cm³/mol. The van der Waals surface area contributed by atoms with E-state index in [0.717, 1.165) is 41.5 Å². The summed E-state index contributed by atoms with van der Waals surface area (Å²) in [6, 6.07) is 16.2. The van der Waals surface area contributed by atoms with Gasteiger partial charge in [-0.15, -0.1) is 0 Å². The summed E-state index contributed by atoms with van der Waals surface area (Å²) in [5.74, 6) is 2.61. The number of unbranched alkanes of at least 4 members (excludes halogenated alkanes) is 1. The lowest BCUT2D eigenvalue weighted by molar-refractivity contribution is 0.283. The van der Waals surface area contributed by atoms with E-state index in [1.165, 1.54) is 44.9 Å². The van der Waals surface area contributed by atoms with E-state index in [-0.39, 0.29) is 0 Å². The Kier molecular flexibility index (Phi) is 5.92. The van der Waals surface area contributed by atoms with E-state index in [4.69, 9.17) is 9.47 Å². The Morgan fingerprint density at radius 1 is 0.889 bits per heavy atom. The third kappa shape index (κ3) is 5.03. The van der Waals surface area contributed by atoms with E-state index in [1.807, 2.05) is 48.5 Å². The van der Waals surface area contributed by atoms with Crippen LogP contribution in [0.1, 0.15) is 51.4 Å². The van der Waals surface area contributed by atoms with Crippen LogP contribution in [0.25, 0.3) is 11.0 Å². The summed E-state index contributed by atoms with van der Waals surface area (Å²) in [5.41, 5.74) is 1.88. The third-order valence-electron chi connectivity index (χ3n) is 5.41. The van der Waals surface area contributed by atoms with Gasteiger partial charge in [0.2, 0.25) is 0 Å². The summed E-state index contributed by atoms with van der Waals surface area (Å²) >= 11 is 0. The molecule has 0 unspecified atom stereocenters. The maximum absolute atomic E-state index is 5.87. The minimum Gasteiger partial charge on any atom is -0.494 e. The highest BCUT2D eigenvalue weighted by molar-refractivity contribution is 5.75. The number of nitrogens with one attached hydrogen (secondary N) is 1. The van der Waals surface area contributed by atoms with Gasteiger partial charge in [0.15, 0.2) is 0 Å². The third-order valence-corrected chi connectivity index (χ3v) is 5.41. The van der Waals surface area contributed by atoms with Crippen molar-refractivity contribution in [1.29, 1.82) is 0 Å². The number of para-hydroxylation sites is 2. The molecule has 0 amide bonds. The standard InChI is InChI=1S/C23H28N2O2/c1-2-8-18(9-3-1)10-6-7-17-26-19-13-15-20(16-14-19)27-23-24-21-11-4-5-12-22(21)25-23/h4-5,11-16,18H,1-3,6-10,17H2,(H,24,25). The first-order valence-corrected chi connectivity index (χ1v) is 10.2. The molecule has 0 aliphatic heterocycles. The molecule has 1 heterocycles. The van der Waals surface area contributed by atoms with Crippen molar-refractivity contribution in [3.8, 4) is 17.5 Å². The molecule has 3 aromatic rings. The highest BCUT2D eigenvalue weighted by Gasteiger charge is 2.12. The van der Waals surface area contributed by atoms with E-state index < -0.39 is 0 Å². The zero-order valence-electron chi connectivity index (χ0n) is 15.8. The van der Waals surface area contributed by atoms with Gasteiger partial charge in [-0.3, -0.25) is 0 Å². The largest absolute Gasteiger partial charge is 0.494 e. The maximum atomic E-state index is 5.87. The molecule has 0 saturated heterocycles. The Bertz CT molecular complexity index is 802. The number of rotatable bonds is 8. The number of aromatic amines is 1. The van der Waals surface area contributed by atoms with Gasteiger partial charge in [-0.1, -0.05) is 50.7 Å². The molecule has 4 rings (SSSR count). The molecule has 1 aromatic heterocycles. The van der Waals surface area contributed by atoms with Crippen molar-refractivity contribution in [3.63, 3.8) is 0 Å². The lowest BCUT2D eigenvalue weighted by atomic mass is 9.86. The molecule has 1 N–H and O–H groups in total. The molecule has 142 valence electrons. The Morgan fingerprint density at radius 2 is 1.67 bits per heavy atom. The zero-order valence-corrected chi connectivity index (χ0v) is 15.8. The molecule has 1 saturated carbocycles. The second kappa shape index (κ2) is 8.94. The fourth-order valence-electron chi connectivity index (χ4n) is 3.89. The average Bonchev–Trinajstić information content (AvgIpc) is 3.12. The van der Waals surface area contributed by atoms with Crippen LogP contribution in [-0.2, 0) is 0 Å². The van der Waals surface area contributed by atoms with Crippen molar-refractivity contribution in [3.05, 3.63) is 48.5 Å². The number of benzene rings is 2. The Hall–Kier alpha value is -2.49. The van der Waals surface area contributed by atoms with E-state index in [1.54, 1.807) is 0 Å². The van der Waals surface area contributed by atoms with Crippen LogP contribution in [-0.4, -0.2) is 16.6 Å². The molecule has 0 atom stereocenters.